The van der Waals surface area contributed by atoms with E-state index in [4.69, 9.17) is 0 Å². The molecule has 204 valence electrons. The summed E-state index contributed by atoms with van der Waals surface area (Å²) in [6, 6.07) is 0. The molecule has 1 amide bonds. The molecule has 0 unspecified atom stereocenters. The number of carbonyl (C=O) groups is 1. The smallest absolute Gasteiger partial charge is 0.222 e. The van der Waals surface area contributed by atoms with Crippen LogP contribution in [0.4, 0.5) is 0 Å². The monoisotopic (exact) mass is 498 g/mol. The third-order valence-corrected chi connectivity index (χ3v) is 12.2. The van der Waals surface area contributed by atoms with Crippen LogP contribution in [0.1, 0.15) is 106 Å². The molecule has 36 heavy (non-hydrogen) atoms. The highest BCUT2D eigenvalue weighted by atomic mass is 16.3. The molecule has 4 heteroatoms. The van der Waals surface area contributed by atoms with Crippen LogP contribution < -0.4 is 0 Å². The van der Waals surface area contributed by atoms with E-state index in [0.717, 1.165) is 75.5 Å². The molecule has 1 aliphatic heterocycles. The molecule has 5 rings (SSSR count). The third kappa shape index (κ3) is 4.61. The van der Waals surface area contributed by atoms with Gasteiger partial charge < -0.3 is 10.0 Å². The normalized spacial score (nSPS) is 42.2. The first-order valence-electron chi connectivity index (χ1n) is 15.3. The average Bonchev–Trinajstić information content (AvgIpc) is 3.19. The Hall–Kier alpha value is -0.870. The molecule has 0 radical (unpaired) electrons. The van der Waals surface area contributed by atoms with Crippen LogP contribution in [0.3, 0.4) is 0 Å². The minimum atomic E-state index is -0.114. The van der Waals surface area contributed by atoms with Gasteiger partial charge in [0, 0.05) is 38.1 Å². The Kier molecular flexibility index (Phi) is 7.20. The molecule has 0 aromatic heterocycles. The summed E-state index contributed by atoms with van der Waals surface area (Å²) in [7, 11) is 0. The number of nitrogens with zero attached hydrogens (tertiary/aromatic N) is 2. The molecule has 3 saturated carbocycles. The van der Waals surface area contributed by atoms with Crippen LogP contribution in [-0.4, -0.2) is 58.6 Å². The predicted molar refractivity (Wildman–Crippen MR) is 148 cm³/mol. The fourth-order valence-electron chi connectivity index (χ4n) is 9.95. The van der Waals surface area contributed by atoms with Gasteiger partial charge in [-0.1, -0.05) is 32.4 Å². The Balaban J connectivity index is 1.18. The van der Waals surface area contributed by atoms with Crippen molar-refractivity contribution in [3.05, 3.63) is 11.6 Å². The molecular formula is C32H54N2O2. The highest BCUT2D eigenvalue weighted by Gasteiger charge is 2.59. The molecule has 0 bridgehead atoms. The van der Waals surface area contributed by atoms with E-state index in [1.54, 1.807) is 5.57 Å². The summed E-state index contributed by atoms with van der Waals surface area (Å²) >= 11 is 0. The predicted octanol–water partition coefficient (Wildman–Crippen LogP) is 6.29. The van der Waals surface area contributed by atoms with Crippen molar-refractivity contribution < 1.29 is 9.90 Å². The second kappa shape index (κ2) is 9.70. The lowest BCUT2D eigenvalue weighted by atomic mass is 9.47. The number of hydrogen-bond acceptors (Lipinski definition) is 3. The van der Waals surface area contributed by atoms with Crippen molar-refractivity contribution in [3.8, 4) is 0 Å². The summed E-state index contributed by atoms with van der Waals surface area (Å²) in [4.78, 5) is 17.7. The second-order valence-electron chi connectivity index (χ2n) is 14.9. The summed E-state index contributed by atoms with van der Waals surface area (Å²) in [5.41, 5.74) is 2.55. The lowest BCUT2D eigenvalue weighted by Crippen LogP contribution is -2.54. The van der Waals surface area contributed by atoms with E-state index in [2.05, 4.69) is 57.4 Å². The Morgan fingerprint density at radius 2 is 1.78 bits per heavy atom. The Bertz CT molecular complexity index is 853. The average molecular weight is 499 g/mol. The van der Waals surface area contributed by atoms with Gasteiger partial charge in [0.15, 0.2) is 0 Å². The first-order chi connectivity index (χ1) is 16.9. The molecule has 1 saturated heterocycles. The van der Waals surface area contributed by atoms with Crippen LogP contribution in [0.5, 0.6) is 0 Å². The zero-order valence-corrected chi connectivity index (χ0v) is 24.2. The van der Waals surface area contributed by atoms with E-state index < -0.39 is 0 Å². The summed E-state index contributed by atoms with van der Waals surface area (Å²) in [5.74, 6) is 4.26. The fourth-order valence-corrected chi connectivity index (χ4v) is 9.95. The van der Waals surface area contributed by atoms with Gasteiger partial charge in [-0.25, -0.2) is 0 Å². The quantitative estimate of drug-likeness (QED) is 0.464. The van der Waals surface area contributed by atoms with E-state index in [0.29, 0.717) is 22.7 Å². The highest BCUT2D eigenvalue weighted by molar-refractivity contribution is 5.76. The lowest BCUT2D eigenvalue weighted by molar-refractivity contribution is -0.134. The van der Waals surface area contributed by atoms with Crippen LogP contribution in [0.25, 0.3) is 0 Å². The molecule has 5 aliphatic rings. The molecule has 4 fully saturated rings. The number of carbonyl (C=O) groups excluding carboxylic acids is 1. The molecule has 4 nitrogen and oxygen atoms in total. The molecule has 4 aliphatic carbocycles. The SMILES string of the molecule is C[C@H](CCC(=O)N1CCN(C(C)(C)C)CC1)[C@H]1CC[C@H]2[C@@H]3CC=C4C[C@@H](O)CC[C@]4(C)[C@H]3CC[C@]12C. The Morgan fingerprint density at radius 1 is 1.06 bits per heavy atom. The van der Waals surface area contributed by atoms with Crippen LogP contribution in [0.15, 0.2) is 11.6 Å². The van der Waals surface area contributed by atoms with Gasteiger partial charge in [0.05, 0.1) is 6.10 Å². The Labute approximate surface area is 221 Å². The second-order valence-corrected chi connectivity index (χ2v) is 14.9. The van der Waals surface area contributed by atoms with Crippen molar-refractivity contribution in [2.24, 2.45) is 40.4 Å². The molecular weight excluding hydrogens is 444 g/mol. The number of aliphatic hydroxyl groups is 1. The number of allylic oxidation sites excluding steroid dienone is 1. The van der Waals surface area contributed by atoms with E-state index in [-0.39, 0.29) is 11.6 Å². The van der Waals surface area contributed by atoms with E-state index in [9.17, 15) is 9.90 Å². The number of fused-ring (bicyclic) bond motifs is 5. The summed E-state index contributed by atoms with van der Waals surface area (Å²) in [5, 5.41) is 10.3. The first-order valence-corrected chi connectivity index (χ1v) is 15.3. The van der Waals surface area contributed by atoms with Crippen LogP contribution in [0, 0.1) is 40.4 Å². The minimum Gasteiger partial charge on any atom is -0.393 e. The molecule has 8 atom stereocenters. The third-order valence-electron chi connectivity index (χ3n) is 12.2. The van der Waals surface area contributed by atoms with Crippen molar-refractivity contribution in [3.63, 3.8) is 0 Å². The summed E-state index contributed by atoms with van der Waals surface area (Å²) < 4.78 is 0. The number of hydrogen-bond donors (Lipinski definition) is 1. The van der Waals surface area contributed by atoms with Crippen molar-refractivity contribution in [1.29, 1.82) is 0 Å². The topological polar surface area (TPSA) is 43.8 Å². The Morgan fingerprint density at radius 3 is 2.47 bits per heavy atom. The van der Waals surface area contributed by atoms with Gasteiger partial charge in [-0.15, -0.1) is 0 Å². The van der Waals surface area contributed by atoms with Gasteiger partial charge in [-0.3, -0.25) is 9.69 Å². The van der Waals surface area contributed by atoms with Gasteiger partial charge in [-0.05, 0) is 119 Å². The highest BCUT2D eigenvalue weighted by Crippen LogP contribution is 2.67. The summed E-state index contributed by atoms with van der Waals surface area (Å²) in [6.07, 6.45) is 14.0. The molecule has 1 heterocycles. The maximum atomic E-state index is 13.1. The van der Waals surface area contributed by atoms with E-state index in [1.165, 1.54) is 38.5 Å². The maximum absolute atomic E-state index is 13.1. The van der Waals surface area contributed by atoms with Gasteiger partial charge in [0.2, 0.25) is 5.91 Å². The molecule has 0 aromatic carbocycles. The van der Waals surface area contributed by atoms with Crippen molar-refractivity contribution in [2.75, 3.05) is 26.2 Å². The lowest BCUT2D eigenvalue weighted by Gasteiger charge is -2.58. The number of rotatable bonds is 4. The van der Waals surface area contributed by atoms with Crippen molar-refractivity contribution in [1.82, 2.24) is 9.80 Å². The minimum absolute atomic E-state index is 0.114. The summed E-state index contributed by atoms with van der Waals surface area (Å²) in [6.45, 7) is 18.2. The van der Waals surface area contributed by atoms with Gasteiger partial charge in [0.25, 0.3) is 0 Å². The molecule has 0 aromatic rings. The van der Waals surface area contributed by atoms with Crippen molar-refractivity contribution >= 4 is 5.91 Å². The van der Waals surface area contributed by atoms with Gasteiger partial charge in [-0.2, -0.15) is 0 Å². The zero-order chi connectivity index (χ0) is 25.9. The molecule has 1 N–H and O–H groups in total. The number of aliphatic hydroxyl groups excluding tert-OH is 1. The molecule has 0 spiro atoms. The van der Waals surface area contributed by atoms with Crippen LogP contribution in [0.2, 0.25) is 0 Å². The largest absolute Gasteiger partial charge is 0.393 e. The van der Waals surface area contributed by atoms with Crippen molar-refractivity contribution in [2.45, 2.75) is 117 Å². The van der Waals surface area contributed by atoms with Gasteiger partial charge in [0.1, 0.15) is 0 Å². The maximum Gasteiger partial charge on any atom is 0.222 e. The first kappa shape index (κ1) is 26.7. The van der Waals surface area contributed by atoms with Gasteiger partial charge >= 0.3 is 0 Å². The van der Waals surface area contributed by atoms with Crippen LogP contribution >= 0.6 is 0 Å². The van der Waals surface area contributed by atoms with Crippen LogP contribution in [-0.2, 0) is 4.79 Å². The fraction of sp³-hybridized carbons (Fsp3) is 0.906. The zero-order valence-electron chi connectivity index (χ0n) is 24.2. The standard InChI is InChI=1S/C32H54N2O2/c1-22(7-12-29(36)33-17-19-34(20-18-33)30(2,3)4)26-10-11-27-25-9-8-23-21-24(35)13-15-31(23,5)28(25)14-16-32(26,27)6/h8,22,24-28,35H,7,9-21H2,1-6H3/t22-,24+,25+,26-,27+,28+,31+,32-/m1/s1. The number of amides is 1. The van der Waals surface area contributed by atoms with E-state index >= 15 is 0 Å². The van der Waals surface area contributed by atoms with E-state index in [1.807, 2.05) is 0 Å². The number of piperazine rings is 1.